The van der Waals surface area contributed by atoms with E-state index in [9.17, 15) is 14.7 Å². The van der Waals surface area contributed by atoms with Gasteiger partial charge in [-0.2, -0.15) is 0 Å². The second kappa shape index (κ2) is 8.13. The molecule has 0 bridgehead atoms. The van der Waals surface area contributed by atoms with Crippen LogP contribution in [-0.4, -0.2) is 40.0 Å². The summed E-state index contributed by atoms with van der Waals surface area (Å²) >= 11 is 0. The molecule has 1 aromatic carbocycles. The molecule has 0 aliphatic carbocycles. The molecule has 0 atom stereocenters. The van der Waals surface area contributed by atoms with Crippen LogP contribution in [0.2, 0.25) is 0 Å². The first kappa shape index (κ1) is 20.1. The van der Waals surface area contributed by atoms with Crippen LogP contribution in [0.1, 0.15) is 49.5 Å². The van der Waals surface area contributed by atoms with Gasteiger partial charge in [0.25, 0.3) is 0 Å². The van der Waals surface area contributed by atoms with Crippen LogP contribution < -0.4 is 0 Å². The average Bonchev–Trinajstić information content (AvgIpc) is 2.68. The zero-order chi connectivity index (χ0) is 20.3. The normalized spacial score (nSPS) is 15.5. The molecule has 1 aliphatic rings. The molecule has 0 radical (unpaired) electrons. The average molecular weight is 380 g/mol. The monoisotopic (exact) mass is 380 g/mol. The van der Waals surface area contributed by atoms with Crippen molar-refractivity contribution in [3.8, 4) is 11.3 Å². The number of aromatic carboxylic acids is 1. The van der Waals surface area contributed by atoms with Crippen LogP contribution in [0.3, 0.4) is 0 Å². The van der Waals surface area contributed by atoms with Crippen molar-refractivity contribution in [2.45, 2.75) is 40.0 Å². The Hall–Kier alpha value is -2.69. The number of hydrogen-bond acceptors (Lipinski definition) is 3. The molecule has 1 aromatic heterocycles. The van der Waals surface area contributed by atoms with Crippen LogP contribution in [-0.2, 0) is 11.2 Å². The lowest BCUT2D eigenvalue weighted by Gasteiger charge is -2.35. The predicted molar refractivity (Wildman–Crippen MR) is 109 cm³/mol. The maximum absolute atomic E-state index is 12.4. The van der Waals surface area contributed by atoms with Gasteiger partial charge in [0.1, 0.15) is 0 Å². The molecule has 2 heterocycles. The fraction of sp³-hybridized carbons (Fsp3) is 0.435. The third kappa shape index (κ3) is 4.58. The van der Waals surface area contributed by atoms with Gasteiger partial charge in [0.15, 0.2) is 0 Å². The van der Waals surface area contributed by atoms with Crippen molar-refractivity contribution in [3.63, 3.8) is 0 Å². The van der Waals surface area contributed by atoms with Crippen LogP contribution >= 0.6 is 0 Å². The van der Waals surface area contributed by atoms with Gasteiger partial charge in [-0.25, -0.2) is 4.79 Å². The van der Waals surface area contributed by atoms with E-state index in [1.54, 1.807) is 18.2 Å². The molecule has 148 valence electrons. The minimum Gasteiger partial charge on any atom is -0.478 e. The van der Waals surface area contributed by atoms with Crippen LogP contribution in [0, 0.1) is 11.3 Å². The summed E-state index contributed by atoms with van der Waals surface area (Å²) in [7, 11) is 0. The first-order chi connectivity index (χ1) is 13.3. The van der Waals surface area contributed by atoms with Gasteiger partial charge in [-0.05, 0) is 42.9 Å². The molecule has 0 spiro atoms. The number of pyridine rings is 1. The quantitative estimate of drug-likeness (QED) is 0.860. The number of hydrogen-bond donors (Lipinski definition) is 1. The van der Waals surface area contributed by atoms with E-state index in [0.29, 0.717) is 17.2 Å². The number of aromatic nitrogens is 1. The summed E-state index contributed by atoms with van der Waals surface area (Å²) in [4.78, 5) is 30.3. The number of likely N-dealkylation sites (tertiary alicyclic amines) is 1. The van der Waals surface area contributed by atoms with Crippen molar-refractivity contribution in [3.05, 3.63) is 53.7 Å². The van der Waals surface area contributed by atoms with Crippen molar-refractivity contribution >= 4 is 11.9 Å². The number of nitrogens with zero attached hydrogens (tertiary/aromatic N) is 2. The fourth-order valence-corrected chi connectivity index (χ4v) is 3.75. The third-order valence-corrected chi connectivity index (χ3v) is 5.33. The molecule has 0 unspecified atom stereocenters. The summed E-state index contributed by atoms with van der Waals surface area (Å²) in [6, 6.07) is 10.9. The lowest BCUT2D eigenvalue weighted by atomic mass is 9.88. The van der Waals surface area contributed by atoms with E-state index in [4.69, 9.17) is 0 Å². The molecule has 1 saturated heterocycles. The van der Waals surface area contributed by atoms with Crippen molar-refractivity contribution in [2.24, 2.45) is 11.3 Å². The van der Waals surface area contributed by atoms with E-state index < -0.39 is 5.97 Å². The summed E-state index contributed by atoms with van der Waals surface area (Å²) in [6.07, 6.45) is 4.79. The Labute approximate surface area is 166 Å². The summed E-state index contributed by atoms with van der Waals surface area (Å²) in [5, 5.41) is 9.35. The Kier molecular flexibility index (Phi) is 5.82. The van der Waals surface area contributed by atoms with Crippen molar-refractivity contribution in [1.29, 1.82) is 0 Å². The van der Waals surface area contributed by atoms with Gasteiger partial charge in [-0.1, -0.05) is 45.0 Å². The maximum atomic E-state index is 12.4. The molecule has 0 saturated carbocycles. The van der Waals surface area contributed by atoms with Gasteiger partial charge in [-0.3, -0.25) is 9.78 Å². The maximum Gasteiger partial charge on any atom is 0.336 e. The molecule has 28 heavy (non-hydrogen) atoms. The fourth-order valence-electron chi connectivity index (χ4n) is 3.75. The minimum atomic E-state index is -0.946. The van der Waals surface area contributed by atoms with Gasteiger partial charge in [-0.15, -0.1) is 0 Å². The number of carboxylic acids is 1. The highest BCUT2D eigenvalue weighted by atomic mass is 16.4. The highest BCUT2D eigenvalue weighted by Gasteiger charge is 2.30. The summed E-state index contributed by atoms with van der Waals surface area (Å²) in [5.41, 5.74) is 2.40. The number of benzene rings is 1. The SMILES string of the molecule is CC(C)(C)C(=O)N1CCC(Cc2ccc(-c3ccccc3C(=O)O)nc2)CC1. The number of carbonyl (C=O) groups excluding carboxylic acids is 1. The van der Waals surface area contributed by atoms with E-state index in [0.717, 1.165) is 37.9 Å². The lowest BCUT2D eigenvalue weighted by molar-refractivity contribution is -0.140. The largest absolute Gasteiger partial charge is 0.478 e. The van der Waals surface area contributed by atoms with Gasteiger partial charge in [0.05, 0.1) is 11.3 Å². The molecule has 1 amide bonds. The Morgan fingerprint density at radius 3 is 2.36 bits per heavy atom. The van der Waals surface area contributed by atoms with Gasteiger partial charge in [0.2, 0.25) is 5.91 Å². The second-order valence-corrected chi connectivity index (χ2v) is 8.59. The Bertz CT molecular complexity index is 845. The lowest BCUT2D eigenvalue weighted by Crippen LogP contribution is -2.44. The molecule has 2 aromatic rings. The van der Waals surface area contributed by atoms with Crippen molar-refractivity contribution < 1.29 is 14.7 Å². The highest BCUT2D eigenvalue weighted by Crippen LogP contribution is 2.27. The van der Waals surface area contributed by atoms with Crippen LogP contribution in [0.5, 0.6) is 0 Å². The molecule has 1 aliphatic heterocycles. The minimum absolute atomic E-state index is 0.231. The van der Waals surface area contributed by atoms with E-state index >= 15 is 0 Å². The smallest absolute Gasteiger partial charge is 0.336 e. The number of rotatable bonds is 4. The summed E-state index contributed by atoms with van der Waals surface area (Å²) in [6.45, 7) is 7.54. The van der Waals surface area contributed by atoms with E-state index in [-0.39, 0.29) is 16.9 Å². The summed E-state index contributed by atoms with van der Waals surface area (Å²) < 4.78 is 0. The number of piperidine rings is 1. The Morgan fingerprint density at radius 2 is 1.79 bits per heavy atom. The van der Waals surface area contributed by atoms with E-state index in [1.165, 1.54) is 0 Å². The third-order valence-electron chi connectivity index (χ3n) is 5.33. The molecular weight excluding hydrogens is 352 g/mol. The predicted octanol–water partition coefficient (Wildman–Crippen LogP) is 4.27. The molecular formula is C23H28N2O3. The van der Waals surface area contributed by atoms with E-state index in [2.05, 4.69) is 4.98 Å². The van der Waals surface area contributed by atoms with Gasteiger partial charge >= 0.3 is 5.97 Å². The van der Waals surface area contributed by atoms with Gasteiger partial charge < -0.3 is 10.0 Å². The van der Waals surface area contributed by atoms with Crippen LogP contribution in [0.4, 0.5) is 0 Å². The number of carbonyl (C=O) groups is 2. The van der Waals surface area contributed by atoms with Crippen molar-refractivity contribution in [2.75, 3.05) is 13.1 Å². The van der Waals surface area contributed by atoms with Crippen molar-refractivity contribution in [1.82, 2.24) is 9.88 Å². The van der Waals surface area contributed by atoms with Crippen LogP contribution in [0.25, 0.3) is 11.3 Å². The summed E-state index contributed by atoms with van der Waals surface area (Å²) in [5.74, 6) is -0.171. The topological polar surface area (TPSA) is 70.5 Å². The molecule has 1 N–H and O–H groups in total. The van der Waals surface area contributed by atoms with Gasteiger partial charge in [0, 0.05) is 30.3 Å². The molecule has 5 nitrogen and oxygen atoms in total. The Morgan fingerprint density at radius 1 is 1.11 bits per heavy atom. The molecule has 1 fully saturated rings. The number of carboxylic acid groups (broad SMARTS) is 1. The molecule has 5 heteroatoms. The first-order valence-corrected chi connectivity index (χ1v) is 9.82. The standard InChI is InChI=1S/C23H28N2O3/c1-23(2,3)22(28)25-12-10-16(11-13-25)14-17-8-9-20(24-15-17)18-6-4-5-7-19(18)21(26)27/h4-9,15-16H,10-14H2,1-3H3,(H,26,27). The Balaban J connectivity index is 1.62. The highest BCUT2D eigenvalue weighted by molar-refractivity contribution is 5.95. The molecule has 3 rings (SSSR count). The zero-order valence-corrected chi connectivity index (χ0v) is 16.8. The first-order valence-electron chi connectivity index (χ1n) is 9.82. The second-order valence-electron chi connectivity index (χ2n) is 8.59. The van der Waals surface area contributed by atoms with Crippen LogP contribution in [0.15, 0.2) is 42.6 Å². The number of amides is 1. The van der Waals surface area contributed by atoms with E-state index in [1.807, 2.05) is 50.1 Å². The zero-order valence-electron chi connectivity index (χ0n) is 16.8.